The van der Waals surface area contributed by atoms with Crippen LogP contribution in [0.15, 0.2) is 0 Å². The third kappa shape index (κ3) is 0.633. The van der Waals surface area contributed by atoms with E-state index in [2.05, 4.69) is 5.32 Å². The van der Waals surface area contributed by atoms with Crippen LogP contribution in [-0.2, 0) is 0 Å². The van der Waals surface area contributed by atoms with Crippen molar-refractivity contribution in [3.05, 3.63) is 0 Å². The molecular weight excluding hydrogens is 129 g/mol. The molecule has 8 heavy (non-hydrogen) atoms. The Morgan fingerprint density at radius 1 is 1.25 bits per heavy atom. The van der Waals surface area contributed by atoms with E-state index in [1.54, 1.807) is 0 Å². The Hall–Kier alpha value is 0.180. The minimum Gasteiger partial charge on any atom is -0.316 e. The zero-order valence-electron chi connectivity index (χ0n) is 4.43. The fourth-order valence-corrected chi connectivity index (χ4v) is 1.34. The summed E-state index contributed by atoms with van der Waals surface area (Å²) in [4.78, 5) is 0. The molecule has 1 aliphatic carbocycles. The molecular formula is C5H9ClFN. The zero-order chi connectivity index (χ0) is 4.85. The molecule has 2 fully saturated rings. The van der Waals surface area contributed by atoms with E-state index in [0.717, 1.165) is 13.1 Å². The van der Waals surface area contributed by atoms with E-state index < -0.39 is 6.17 Å². The van der Waals surface area contributed by atoms with Crippen LogP contribution >= 0.6 is 12.4 Å². The van der Waals surface area contributed by atoms with Crippen LogP contribution in [-0.4, -0.2) is 19.3 Å². The van der Waals surface area contributed by atoms with Gasteiger partial charge in [0.15, 0.2) is 0 Å². The highest BCUT2D eigenvalue weighted by Gasteiger charge is 2.53. The molecule has 0 radical (unpaired) electrons. The molecule has 2 unspecified atom stereocenters. The van der Waals surface area contributed by atoms with E-state index >= 15 is 0 Å². The van der Waals surface area contributed by atoms with Gasteiger partial charge in [-0.25, -0.2) is 4.39 Å². The lowest BCUT2D eigenvalue weighted by molar-refractivity contribution is 0.405. The standard InChI is InChI=1S/C5H8FN.ClH/c6-5-3-1-7-2-4(3)5;/h3-5,7H,1-2H2;1H. The van der Waals surface area contributed by atoms with Gasteiger partial charge in [-0.2, -0.15) is 0 Å². The Kier molecular flexibility index (Phi) is 1.46. The van der Waals surface area contributed by atoms with Gasteiger partial charge in [0.2, 0.25) is 0 Å². The lowest BCUT2D eigenvalue weighted by Crippen LogP contribution is -2.14. The zero-order valence-corrected chi connectivity index (χ0v) is 5.25. The molecule has 1 aliphatic heterocycles. The van der Waals surface area contributed by atoms with Crippen molar-refractivity contribution in [3.63, 3.8) is 0 Å². The topological polar surface area (TPSA) is 12.0 Å². The van der Waals surface area contributed by atoms with E-state index in [1.807, 2.05) is 0 Å². The third-order valence-electron chi connectivity index (χ3n) is 1.99. The number of halogens is 2. The summed E-state index contributed by atoms with van der Waals surface area (Å²) in [6, 6.07) is 0. The van der Waals surface area contributed by atoms with Crippen molar-refractivity contribution < 1.29 is 4.39 Å². The van der Waals surface area contributed by atoms with Crippen molar-refractivity contribution in [2.45, 2.75) is 6.17 Å². The van der Waals surface area contributed by atoms with Crippen molar-refractivity contribution >= 4 is 12.4 Å². The highest BCUT2D eigenvalue weighted by Crippen LogP contribution is 2.44. The molecule has 2 aliphatic rings. The molecule has 1 saturated carbocycles. The van der Waals surface area contributed by atoms with Gasteiger partial charge in [-0.15, -0.1) is 12.4 Å². The van der Waals surface area contributed by atoms with Gasteiger partial charge >= 0.3 is 0 Å². The summed E-state index contributed by atoms with van der Waals surface area (Å²) in [6.45, 7) is 1.84. The Morgan fingerprint density at radius 3 is 2.00 bits per heavy atom. The fraction of sp³-hybridized carbons (Fsp3) is 1.00. The molecule has 1 heterocycles. The highest BCUT2D eigenvalue weighted by atomic mass is 35.5. The number of rotatable bonds is 0. The first-order valence-electron chi connectivity index (χ1n) is 2.74. The Morgan fingerprint density at radius 2 is 1.75 bits per heavy atom. The first-order chi connectivity index (χ1) is 3.39. The summed E-state index contributed by atoms with van der Waals surface area (Å²) in [5, 5.41) is 3.11. The predicted molar refractivity (Wildman–Crippen MR) is 32.0 cm³/mol. The summed E-state index contributed by atoms with van der Waals surface area (Å²) in [7, 11) is 0. The van der Waals surface area contributed by atoms with Crippen LogP contribution in [0.1, 0.15) is 0 Å². The van der Waals surface area contributed by atoms with Crippen molar-refractivity contribution in [1.29, 1.82) is 0 Å². The second-order valence-electron chi connectivity index (χ2n) is 2.43. The molecule has 0 spiro atoms. The number of nitrogens with one attached hydrogen (secondary N) is 1. The molecule has 0 amide bonds. The minimum absolute atomic E-state index is 0. The Bertz CT molecular complexity index is 88.4. The molecule has 3 heteroatoms. The van der Waals surface area contributed by atoms with Crippen LogP contribution in [0.25, 0.3) is 0 Å². The van der Waals surface area contributed by atoms with E-state index in [9.17, 15) is 4.39 Å². The highest BCUT2D eigenvalue weighted by molar-refractivity contribution is 5.85. The van der Waals surface area contributed by atoms with E-state index in [1.165, 1.54) is 0 Å². The van der Waals surface area contributed by atoms with Crippen molar-refractivity contribution in [3.8, 4) is 0 Å². The van der Waals surface area contributed by atoms with Gasteiger partial charge < -0.3 is 5.32 Å². The summed E-state index contributed by atoms with van der Waals surface area (Å²) in [6.07, 6.45) is -0.443. The van der Waals surface area contributed by atoms with E-state index in [-0.39, 0.29) is 12.4 Å². The third-order valence-corrected chi connectivity index (χ3v) is 1.99. The molecule has 0 aromatic heterocycles. The van der Waals surface area contributed by atoms with Crippen LogP contribution < -0.4 is 5.32 Å². The van der Waals surface area contributed by atoms with E-state index in [0.29, 0.717) is 11.8 Å². The Labute approximate surface area is 54.1 Å². The molecule has 2 atom stereocenters. The fourth-order valence-electron chi connectivity index (χ4n) is 1.34. The van der Waals surface area contributed by atoms with Gasteiger partial charge in [-0.1, -0.05) is 0 Å². The average Bonchev–Trinajstić information content (AvgIpc) is 2.26. The van der Waals surface area contributed by atoms with Crippen LogP contribution in [0.4, 0.5) is 4.39 Å². The number of hydrogen-bond donors (Lipinski definition) is 1. The molecule has 1 nitrogen and oxygen atoms in total. The van der Waals surface area contributed by atoms with Crippen LogP contribution in [0.2, 0.25) is 0 Å². The van der Waals surface area contributed by atoms with Crippen LogP contribution in [0, 0.1) is 11.8 Å². The molecule has 0 aromatic carbocycles. The van der Waals surface area contributed by atoms with Gasteiger partial charge in [-0.3, -0.25) is 0 Å². The maximum atomic E-state index is 12.2. The average molecular weight is 138 g/mol. The molecule has 0 aromatic rings. The summed E-state index contributed by atoms with van der Waals surface area (Å²) in [5.41, 5.74) is 0. The normalized spacial score (nSPS) is 49.9. The largest absolute Gasteiger partial charge is 0.316 e. The van der Waals surface area contributed by atoms with Crippen LogP contribution in [0.3, 0.4) is 0 Å². The number of hydrogen-bond acceptors (Lipinski definition) is 1. The van der Waals surface area contributed by atoms with Gasteiger partial charge in [-0.05, 0) is 0 Å². The molecule has 1 saturated heterocycles. The van der Waals surface area contributed by atoms with Crippen molar-refractivity contribution in [2.24, 2.45) is 11.8 Å². The first-order valence-corrected chi connectivity index (χ1v) is 2.74. The molecule has 1 N–H and O–H groups in total. The molecule has 48 valence electrons. The van der Waals surface area contributed by atoms with E-state index in [4.69, 9.17) is 0 Å². The maximum Gasteiger partial charge on any atom is 0.109 e. The van der Waals surface area contributed by atoms with Gasteiger partial charge in [0, 0.05) is 24.9 Å². The minimum atomic E-state index is -0.443. The van der Waals surface area contributed by atoms with Crippen LogP contribution in [0.5, 0.6) is 0 Å². The lowest BCUT2D eigenvalue weighted by atomic mass is 10.4. The number of piperidine rings is 1. The van der Waals surface area contributed by atoms with Crippen molar-refractivity contribution in [2.75, 3.05) is 13.1 Å². The van der Waals surface area contributed by atoms with Gasteiger partial charge in [0.1, 0.15) is 6.17 Å². The summed E-state index contributed by atoms with van der Waals surface area (Å²) in [5.74, 6) is 0.806. The second kappa shape index (κ2) is 1.85. The Balaban J connectivity index is 0.000000320. The van der Waals surface area contributed by atoms with Gasteiger partial charge in [0.25, 0.3) is 0 Å². The first kappa shape index (κ1) is 6.30. The predicted octanol–water partition coefficient (Wildman–Crippen LogP) is 0.596. The number of fused-ring (bicyclic) bond motifs is 1. The monoisotopic (exact) mass is 137 g/mol. The van der Waals surface area contributed by atoms with Gasteiger partial charge in [0.05, 0.1) is 0 Å². The number of alkyl halides is 1. The second-order valence-corrected chi connectivity index (χ2v) is 2.43. The lowest BCUT2D eigenvalue weighted by Gasteiger charge is -1.91. The molecule has 0 bridgehead atoms. The smallest absolute Gasteiger partial charge is 0.109 e. The quantitative estimate of drug-likeness (QED) is 0.516. The maximum absolute atomic E-state index is 12.2. The van der Waals surface area contributed by atoms with Crippen molar-refractivity contribution in [1.82, 2.24) is 5.32 Å². The molecule has 2 rings (SSSR count). The SMILES string of the molecule is Cl.FC1C2CNCC12. The summed E-state index contributed by atoms with van der Waals surface area (Å²) < 4.78 is 12.2. The summed E-state index contributed by atoms with van der Waals surface area (Å²) >= 11 is 0.